The average Bonchev–Trinajstić information content (AvgIpc) is 2.25. The number of pyridine rings is 1. The van der Waals surface area contributed by atoms with Gasteiger partial charge in [-0.2, -0.15) is 0 Å². The van der Waals surface area contributed by atoms with Crippen molar-refractivity contribution in [1.82, 2.24) is 4.98 Å². The number of hydrogen-bond acceptors (Lipinski definition) is 1. The number of benzene rings is 1. The number of rotatable bonds is 0. The largest absolute Gasteiger partial charge is 0.254 e. The van der Waals surface area contributed by atoms with Crippen molar-refractivity contribution in [3.05, 3.63) is 45.9 Å². The molecule has 0 aliphatic rings. The maximum Gasteiger partial charge on any atom is 0.189 e. The maximum absolute atomic E-state index is 6.93. The number of aromatic nitrogens is 1. The van der Waals surface area contributed by atoms with Gasteiger partial charge in [-0.15, -0.1) is 0 Å². The summed E-state index contributed by atoms with van der Waals surface area (Å²) in [5.41, 5.74) is 3.29. The van der Waals surface area contributed by atoms with Gasteiger partial charge in [0.2, 0.25) is 0 Å². The van der Waals surface area contributed by atoms with E-state index in [9.17, 15) is 0 Å². The van der Waals surface area contributed by atoms with Gasteiger partial charge in [-0.05, 0) is 25.5 Å². The van der Waals surface area contributed by atoms with Crippen LogP contribution in [0.25, 0.3) is 15.7 Å². The van der Waals surface area contributed by atoms with Crippen molar-refractivity contribution in [2.24, 2.45) is 0 Å². The molecular weight excluding hydrogens is 208 g/mol. The molecule has 2 nitrogen and oxygen atoms in total. The summed E-state index contributed by atoms with van der Waals surface area (Å²) in [4.78, 5) is 7.79. The Labute approximate surface area is 93.3 Å². The first-order chi connectivity index (χ1) is 7.13. The van der Waals surface area contributed by atoms with E-state index < -0.39 is 0 Å². The van der Waals surface area contributed by atoms with E-state index in [1.807, 2.05) is 19.9 Å². The van der Waals surface area contributed by atoms with Crippen LogP contribution in [0.3, 0.4) is 0 Å². The first kappa shape index (κ1) is 9.95. The van der Waals surface area contributed by atoms with Crippen molar-refractivity contribution in [3.8, 4) is 0 Å². The highest BCUT2D eigenvalue weighted by atomic mass is 35.5. The van der Waals surface area contributed by atoms with Crippen LogP contribution in [0.2, 0.25) is 5.02 Å². The molecule has 0 saturated carbocycles. The third-order valence-electron chi connectivity index (χ3n) is 2.51. The predicted molar refractivity (Wildman–Crippen MR) is 62.5 cm³/mol. The van der Waals surface area contributed by atoms with Gasteiger partial charge in [0.05, 0.1) is 17.1 Å². The molecule has 15 heavy (non-hydrogen) atoms. The van der Waals surface area contributed by atoms with Crippen molar-refractivity contribution < 1.29 is 0 Å². The lowest BCUT2D eigenvalue weighted by Gasteiger charge is -2.06. The summed E-state index contributed by atoms with van der Waals surface area (Å²) < 4.78 is 0. The zero-order chi connectivity index (χ0) is 11.0. The van der Waals surface area contributed by atoms with Gasteiger partial charge >= 0.3 is 0 Å². The quantitative estimate of drug-likeness (QED) is 0.607. The summed E-state index contributed by atoms with van der Waals surface area (Å²) in [5.74, 6) is 0. The summed E-state index contributed by atoms with van der Waals surface area (Å²) in [5, 5.41) is 1.64. The number of aryl methyl sites for hydroxylation is 1. The Morgan fingerprint density at radius 2 is 2.07 bits per heavy atom. The number of nitrogens with zero attached hydrogens (tertiary/aromatic N) is 2. The zero-order valence-corrected chi connectivity index (χ0v) is 9.26. The minimum absolute atomic E-state index is 0.592. The fourth-order valence-corrected chi connectivity index (χ4v) is 1.79. The van der Waals surface area contributed by atoms with Gasteiger partial charge in [-0.25, -0.2) is 4.85 Å². The highest BCUT2D eigenvalue weighted by molar-refractivity contribution is 6.36. The molecule has 0 N–H and O–H groups in total. The molecule has 1 heterocycles. The summed E-state index contributed by atoms with van der Waals surface area (Å²) >= 11 is 6.21. The molecule has 0 fully saturated rings. The van der Waals surface area contributed by atoms with Gasteiger partial charge in [0.15, 0.2) is 5.69 Å². The lowest BCUT2D eigenvalue weighted by molar-refractivity contribution is 1.20. The van der Waals surface area contributed by atoms with Crippen LogP contribution in [-0.2, 0) is 0 Å². The van der Waals surface area contributed by atoms with E-state index in [1.54, 1.807) is 12.1 Å². The predicted octanol–water partition coefficient (Wildman–Crippen LogP) is 4.06. The molecule has 74 valence electrons. The Bertz CT molecular complexity index is 582. The van der Waals surface area contributed by atoms with E-state index in [-0.39, 0.29) is 0 Å². The van der Waals surface area contributed by atoms with Gasteiger partial charge in [0, 0.05) is 11.1 Å². The molecule has 0 atom stereocenters. The summed E-state index contributed by atoms with van der Waals surface area (Å²) in [6.07, 6.45) is 0. The third kappa shape index (κ3) is 1.55. The Morgan fingerprint density at radius 1 is 1.33 bits per heavy atom. The van der Waals surface area contributed by atoms with Crippen molar-refractivity contribution in [3.63, 3.8) is 0 Å². The molecule has 0 aliphatic heterocycles. The smallest absolute Gasteiger partial charge is 0.189 e. The number of fused-ring (bicyclic) bond motifs is 1. The molecule has 1 aromatic carbocycles. The molecule has 1 aromatic heterocycles. The second-order valence-electron chi connectivity index (χ2n) is 3.45. The number of hydrogen-bond donors (Lipinski definition) is 0. The molecule has 0 saturated heterocycles. The van der Waals surface area contributed by atoms with E-state index >= 15 is 0 Å². The van der Waals surface area contributed by atoms with E-state index in [2.05, 4.69) is 9.83 Å². The first-order valence-corrected chi connectivity index (χ1v) is 4.95. The summed E-state index contributed by atoms with van der Waals surface area (Å²) in [7, 11) is 0. The first-order valence-electron chi connectivity index (χ1n) is 4.57. The highest BCUT2D eigenvalue weighted by Crippen LogP contribution is 2.29. The van der Waals surface area contributed by atoms with Gasteiger partial charge in [0.1, 0.15) is 0 Å². The SMILES string of the molecule is [C-]#[N+]c1ccc2c(Cl)c(C)c(C)nc2c1. The number of halogens is 1. The van der Waals surface area contributed by atoms with E-state index in [4.69, 9.17) is 18.2 Å². The maximum atomic E-state index is 6.93. The second-order valence-corrected chi connectivity index (χ2v) is 3.83. The second kappa shape index (κ2) is 3.52. The van der Waals surface area contributed by atoms with Crippen LogP contribution in [0.15, 0.2) is 18.2 Å². The van der Waals surface area contributed by atoms with E-state index in [0.717, 1.165) is 27.2 Å². The van der Waals surface area contributed by atoms with Crippen LogP contribution in [0.1, 0.15) is 11.3 Å². The Balaban J connectivity index is 2.87. The fraction of sp³-hybridized carbons (Fsp3) is 0.167. The minimum atomic E-state index is 0.592. The van der Waals surface area contributed by atoms with Crippen LogP contribution in [0.4, 0.5) is 5.69 Å². The molecule has 3 heteroatoms. The molecule has 2 aromatic rings. The molecular formula is C12H9ClN2. The molecule has 0 spiro atoms. The molecule has 2 rings (SSSR count). The van der Waals surface area contributed by atoms with Crippen LogP contribution in [0.5, 0.6) is 0 Å². The van der Waals surface area contributed by atoms with Gasteiger partial charge < -0.3 is 0 Å². The third-order valence-corrected chi connectivity index (χ3v) is 2.99. The lowest BCUT2D eigenvalue weighted by atomic mass is 10.1. The summed E-state index contributed by atoms with van der Waals surface area (Å²) in [6, 6.07) is 5.38. The zero-order valence-electron chi connectivity index (χ0n) is 8.50. The Kier molecular flexibility index (Phi) is 2.34. The van der Waals surface area contributed by atoms with Crippen LogP contribution in [-0.4, -0.2) is 4.98 Å². The van der Waals surface area contributed by atoms with Crippen LogP contribution in [0, 0.1) is 20.4 Å². The molecule has 0 unspecified atom stereocenters. The molecule has 0 amide bonds. The van der Waals surface area contributed by atoms with E-state index in [0.29, 0.717) is 5.69 Å². The average molecular weight is 217 g/mol. The summed E-state index contributed by atoms with van der Waals surface area (Å²) in [6.45, 7) is 10.8. The van der Waals surface area contributed by atoms with E-state index in [1.165, 1.54) is 0 Å². The van der Waals surface area contributed by atoms with Crippen LogP contribution < -0.4 is 0 Å². The van der Waals surface area contributed by atoms with Gasteiger partial charge in [-0.3, -0.25) is 4.98 Å². The molecule has 0 radical (unpaired) electrons. The lowest BCUT2D eigenvalue weighted by Crippen LogP contribution is -1.90. The highest BCUT2D eigenvalue weighted by Gasteiger charge is 2.07. The Morgan fingerprint density at radius 3 is 2.73 bits per heavy atom. The standard InChI is InChI=1S/C12H9ClN2/c1-7-8(2)15-11-6-9(14-3)4-5-10(11)12(7)13/h4-6H,1-2H3. The van der Waals surface area contributed by atoms with Crippen LogP contribution >= 0.6 is 11.6 Å². The monoisotopic (exact) mass is 216 g/mol. The van der Waals surface area contributed by atoms with Crippen molar-refractivity contribution in [2.45, 2.75) is 13.8 Å². The Hall–Kier alpha value is -1.59. The van der Waals surface area contributed by atoms with Gasteiger partial charge in [-0.1, -0.05) is 23.7 Å². The molecule has 0 aliphatic carbocycles. The minimum Gasteiger partial charge on any atom is -0.254 e. The normalized spacial score (nSPS) is 10.3. The van der Waals surface area contributed by atoms with Crippen molar-refractivity contribution in [2.75, 3.05) is 0 Å². The molecule has 0 bridgehead atoms. The van der Waals surface area contributed by atoms with Crippen molar-refractivity contribution in [1.29, 1.82) is 0 Å². The fourth-order valence-electron chi connectivity index (χ4n) is 1.49. The van der Waals surface area contributed by atoms with Gasteiger partial charge in [0.25, 0.3) is 0 Å². The van der Waals surface area contributed by atoms with Crippen molar-refractivity contribution >= 4 is 28.2 Å². The topological polar surface area (TPSA) is 17.2 Å².